The van der Waals surface area contributed by atoms with Crippen molar-refractivity contribution in [3.8, 4) is 0 Å². The molecule has 0 aromatic heterocycles. The van der Waals surface area contributed by atoms with Crippen molar-refractivity contribution < 1.29 is 21.6 Å². The number of halogens is 4. The summed E-state index contributed by atoms with van der Waals surface area (Å²) >= 11 is 0. The van der Waals surface area contributed by atoms with Gasteiger partial charge in [-0.1, -0.05) is 32.0 Å². The van der Waals surface area contributed by atoms with Crippen molar-refractivity contribution in [2.75, 3.05) is 32.7 Å². The largest absolute Gasteiger partial charge is 0.405 e. The number of nitrogens with one attached hydrogen (secondary N) is 2. The number of piperazine rings is 1. The second-order valence-electron chi connectivity index (χ2n) is 6.39. The molecule has 0 aliphatic carbocycles. The van der Waals surface area contributed by atoms with Crippen LogP contribution in [0.1, 0.15) is 25.3 Å². The molecule has 0 spiro atoms. The summed E-state index contributed by atoms with van der Waals surface area (Å²) < 4.78 is 67.5. The van der Waals surface area contributed by atoms with Crippen LogP contribution in [0, 0.1) is 0 Å². The van der Waals surface area contributed by atoms with Crippen molar-refractivity contribution in [2.24, 2.45) is 0 Å². The van der Waals surface area contributed by atoms with Gasteiger partial charge in [-0.25, -0.2) is 13.1 Å². The van der Waals surface area contributed by atoms with Crippen LogP contribution < -0.4 is 10.0 Å². The Morgan fingerprint density at radius 1 is 1.19 bits per heavy atom. The summed E-state index contributed by atoms with van der Waals surface area (Å²) in [6.07, 6.45) is -4.50. The maximum Gasteiger partial charge on any atom is 0.405 e. The molecule has 150 valence electrons. The molecule has 1 fully saturated rings. The van der Waals surface area contributed by atoms with E-state index in [-0.39, 0.29) is 36.3 Å². The highest BCUT2D eigenvalue weighted by atomic mass is 35.5. The first-order valence-electron chi connectivity index (χ1n) is 8.23. The van der Waals surface area contributed by atoms with Gasteiger partial charge < -0.3 is 5.32 Å². The van der Waals surface area contributed by atoms with Gasteiger partial charge in [-0.05, 0) is 17.5 Å². The molecule has 2 rings (SSSR count). The molecule has 0 radical (unpaired) electrons. The fourth-order valence-electron chi connectivity index (χ4n) is 2.91. The summed E-state index contributed by atoms with van der Waals surface area (Å²) in [5.41, 5.74) is 0.584. The van der Waals surface area contributed by atoms with Crippen LogP contribution in [0.2, 0.25) is 0 Å². The fraction of sp³-hybridized carbons (Fsp3) is 0.625. The van der Waals surface area contributed by atoms with E-state index in [4.69, 9.17) is 0 Å². The third kappa shape index (κ3) is 5.82. The summed E-state index contributed by atoms with van der Waals surface area (Å²) in [4.78, 5) is 1.30. The molecule has 1 atom stereocenters. The van der Waals surface area contributed by atoms with Crippen LogP contribution in [0.15, 0.2) is 29.2 Å². The van der Waals surface area contributed by atoms with Gasteiger partial charge in [0.05, 0.1) is 4.90 Å². The summed E-state index contributed by atoms with van der Waals surface area (Å²) in [7, 11) is -4.02. The Bertz CT molecular complexity index is 678. The van der Waals surface area contributed by atoms with Crippen molar-refractivity contribution in [1.82, 2.24) is 14.9 Å². The van der Waals surface area contributed by atoms with Gasteiger partial charge in [0.15, 0.2) is 0 Å². The minimum atomic E-state index is -4.50. The lowest BCUT2D eigenvalue weighted by molar-refractivity contribution is -0.182. The van der Waals surface area contributed by atoms with Gasteiger partial charge in [0.1, 0.15) is 6.04 Å². The molecule has 1 saturated heterocycles. The van der Waals surface area contributed by atoms with Crippen LogP contribution in [0.5, 0.6) is 0 Å². The van der Waals surface area contributed by atoms with Crippen LogP contribution in [-0.2, 0) is 10.0 Å². The average Bonchev–Trinajstić information content (AvgIpc) is 2.54. The van der Waals surface area contributed by atoms with E-state index in [1.807, 2.05) is 13.8 Å². The normalized spacial score (nSPS) is 17.8. The third-order valence-electron chi connectivity index (χ3n) is 4.27. The molecule has 5 nitrogen and oxygen atoms in total. The van der Waals surface area contributed by atoms with Gasteiger partial charge in [-0.15, -0.1) is 12.4 Å². The summed E-state index contributed by atoms with van der Waals surface area (Å²) in [5.74, 6) is -0.0562. The molecule has 0 amide bonds. The first-order chi connectivity index (χ1) is 11.6. The van der Waals surface area contributed by atoms with Crippen LogP contribution in [0.25, 0.3) is 0 Å². The topological polar surface area (TPSA) is 61.4 Å². The molecule has 1 unspecified atom stereocenters. The van der Waals surface area contributed by atoms with Gasteiger partial charge in [-0.2, -0.15) is 13.2 Å². The molecule has 1 aliphatic rings. The van der Waals surface area contributed by atoms with Crippen LogP contribution >= 0.6 is 12.4 Å². The summed E-state index contributed by atoms with van der Waals surface area (Å²) in [6, 6.07) is 4.54. The Hall–Kier alpha value is -0.870. The lowest BCUT2D eigenvalue weighted by Crippen LogP contribution is -2.57. The minimum absolute atomic E-state index is 0. The maximum atomic E-state index is 13.4. The molecule has 1 aliphatic heterocycles. The number of hydrogen-bond acceptors (Lipinski definition) is 4. The molecule has 1 aromatic carbocycles. The van der Waals surface area contributed by atoms with E-state index in [1.54, 1.807) is 18.2 Å². The van der Waals surface area contributed by atoms with Crippen molar-refractivity contribution in [3.63, 3.8) is 0 Å². The zero-order valence-corrected chi connectivity index (χ0v) is 16.3. The van der Waals surface area contributed by atoms with Gasteiger partial charge in [0.25, 0.3) is 0 Å². The number of sulfonamides is 1. The van der Waals surface area contributed by atoms with Gasteiger partial charge in [0.2, 0.25) is 10.0 Å². The number of nitrogens with zero attached hydrogens (tertiary/aromatic N) is 1. The van der Waals surface area contributed by atoms with Crippen molar-refractivity contribution in [1.29, 1.82) is 0 Å². The lowest BCUT2D eigenvalue weighted by atomic mass is 10.0. The monoisotopic (exact) mass is 415 g/mol. The molecular formula is C16H25ClF3N3O2S. The van der Waals surface area contributed by atoms with E-state index in [2.05, 4.69) is 10.0 Å². The summed E-state index contributed by atoms with van der Waals surface area (Å²) in [5, 5.41) is 2.99. The highest BCUT2D eigenvalue weighted by molar-refractivity contribution is 7.89. The highest BCUT2D eigenvalue weighted by Gasteiger charge is 2.44. The maximum absolute atomic E-state index is 13.4. The quantitative estimate of drug-likeness (QED) is 0.748. The second kappa shape index (κ2) is 9.36. The van der Waals surface area contributed by atoms with Crippen molar-refractivity contribution in [2.45, 2.75) is 36.9 Å². The predicted molar refractivity (Wildman–Crippen MR) is 97.3 cm³/mol. The van der Waals surface area contributed by atoms with E-state index in [1.165, 1.54) is 11.0 Å². The molecule has 0 saturated carbocycles. The number of rotatable bonds is 6. The first kappa shape index (κ1) is 23.2. The van der Waals surface area contributed by atoms with Crippen LogP contribution in [0.3, 0.4) is 0 Å². The zero-order chi connectivity index (χ0) is 18.7. The van der Waals surface area contributed by atoms with Crippen LogP contribution in [0.4, 0.5) is 13.2 Å². The number of alkyl halides is 3. The van der Waals surface area contributed by atoms with E-state index >= 15 is 0 Å². The van der Waals surface area contributed by atoms with Gasteiger partial charge >= 0.3 is 6.18 Å². The fourth-order valence-corrected chi connectivity index (χ4v) is 4.32. The SMILES string of the molecule is CC(C)c1ccccc1S(=O)(=O)NCC(N1CCNCC1)C(F)(F)F.Cl. The van der Waals surface area contributed by atoms with Crippen molar-refractivity contribution in [3.05, 3.63) is 29.8 Å². The van der Waals surface area contributed by atoms with Crippen LogP contribution in [-0.4, -0.2) is 58.3 Å². The Labute approximate surface area is 158 Å². The standard InChI is InChI=1S/C16H24F3N3O2S.ClH/c1-12(2)13-5-3-4-6-14(13)25(23,24)21-11-15(16(17,18)19)22-9-7-20-8-10-22;/h3-6,12,15,20-21H,7-11H2,1-2H3;1H. The van der Waals surface area contributed by atoms with E-state index in [0.29, 0.717) is 18.7 Å². The molecule has 10 heteroatoms. The molecule has 26 heavy (non-hydrogen) atoms. The Balaban J connectivity index is 0.00000338. The molecule has 1 heterocycles. The second-order valence-corrected chi connectivity index (χ2v) is 8.12. The molecular weight excluding hydrogens is 391 g/mol. The van der Waals surface area contributed by atoms with Crippen molar-refractivity contribution >= 4 is 22.4 Å². The Morgan fingerprint density at radius 2 is 1.77 bits per heavy atom. The Morgan fingerprint density at radius 3 is 2.31 bits per heavy atom. The molecule has 1 aromatic rings. The zero-order valence-electron chi connectivity index (χ0n) is 14.7. The highest BCUT2D eigenvalue weighted by Crippen LogP contribution is 2.26. The number of benzene rings is 1. The van der Waals surface area contributed by atoms with E-state index < -0.39 is 28.8 Å². The van der Waals surface area contributed by atoms with Gasteiger partial charge in [-0.3, -0.25) is 4.90 Å². The number of hydrogen-bond donors (Lipinski definition) is 2. The molecule has 2 N–H and O–H groups in total. The summed E-state index contributed by atoms with van der Waals surface area (Å²) in [6.45, 7) is 4.35. The smallest absolute Gasteiger partial charge is 0.314 e. The average molecular weight is 416 g/mol. The predicted octanol–water partition coefficient (Wildman–Crippen LogP) is 2.35. The Kier molecular flexibility index (Phi) is 8.34. The minimum Gasteiger partial charge on any atom is -0.314 e. The molecule has 0 bridgehead atoms. The van der Waals surface area contributed by atoms with E-state index in [9.17, 15) is 21.6 Å². The van der Waals surface area contributed by atoms with Gasteiger partial charge in [0, 0.05) is 32.7 Å². The third-order valence-corrected chi connectivity index (χ3v) is 5.76. The first-order valence-corrected chi connectivity index (χ1v) is 9.71. The lowest BCUT2D eigenvalue weighted by Gasteiger charge is -2.35. The van der Waals surface area contributed by atoms with E-state index in [0.717, 1.165) is 0 Å².